The van der Waals surface area contributed by atoms with Gasteiger partial charge in [-0.15, -0.1) is 0 Å². The van der Waals surface area contributed by atoms with Crippen LogP contribution in [0.15, 0.2) is 76.5 Å². The van der Waals surface area contributed by atoms with Crippen LogP contribution >= 0.6 is 23.2 Å². The minimum Gasteiger partial charge on any atom is -0.224 e. The molecule has 0 saturated heterocycles. The van der Waals surface area contributed by atoms with Crippen LogP contribution in [0.4, 0.5) is 8.78 Å². The highest BCUT2D eigenvalue weighted by molar-refractivity contribution is 7.92. The van der Waals surface area contributed by atoms with Gasteiger partial charge in [-0.3, -0.25) is 0 Å². The second-order valence-corrected chi connectivity index (χ2v) is 11.8. The molecular formula is C21H16Cl2F2O4S2. The molecule has 0 aliphatic heterocycles. The van der Waals surface area contributed by atoms with Crippen LogP contribution in [0, 0.1) is 11.6 Å². The van der Waals surface area contributed by atoms with Crippen LogP contribution in [0.5, 0.6) is 0 Å². The second kappa shape index (κ2) is 9.24. The topological polar surface area (TPSA) is 68.3 Å². The van der Waals surface area contributed by atoms with Crippen LogP contribution in [-0.2, 0) is 19.7 Å². The highest BCUT2D eigenvalue weighted by Crippen LogP contribution is 2.35. The van der Waals surface area contributed by atoms with Crippen molar-refractivity contribution in [1.29, 1.82) is 0 Å². The largest absolute Gasteiger partial charge is 0.224 e. The van der Waals surface area contributed by atoms with Gasteiger partial charge in [-0.2, -0.15) is 0 Å². The Morgan fingerprint density at radius 2 is 1.26 bits per heavy atom. The molecule has 10 heteroatoms. The smallest absolute Gasteiger partial charge is 0.185 e. The molecule has 0 aromatic heterocycles. The zero-order valence-corrected chi connectivity index (χ0v) is 18.9. The van der Waals surface area contributed by atoms with Crippen molar-refractivity contribution in [3.05, 3.63) is 94.0 Å². The third-order valence-electron chi connectivity index (χ3n) is 4.64. The van der Waals surface area contributed by atoms with Crippen LogP contribution in [0.3, 0.4) is 0 Å². The second-order valence-electron chi connectivity index (χ2n) is 6.71. The third-order valence-corrected chi connectivity index (χ3v) is 9.08. The lowest BCUT2D eigenvalue weighted by atomic mass is 10.1. The first-order valence-corrected chi connectivity index (χ1v) is 12.9. The SMILES string of the molecule is O=S(=O)(CCC(c1cc(F)ccc1F)S(=O)(=O)c1ccc(Cl)cc1)c1ccc(Cl)cc1. The van der Waals surface area contributed by atoms with Gasteiger partial charge in [0.05, 0.1) is 20.8 Å². The van der Waals surface area contributed by atoms with Crippen LogP contribution in [0.1, 0.15) is 17.2 Å². The molecule has 3 aromatic rings. The molecule has 0 spiro atoms. The lowest BCUT2D eigenvalue weighted by molar-refractivity contribution is 0.553. The zero-order valence-electron chi connectivity index (χ0n) is 15.8. The first-order valence-electron chi connectivity index (χ1n) is 8.93. The number of halogens is 4. The molecule has 0 aliphatic rings. The van der Waals surface area contributed by atoms with Gasteiger partial charge in [0.15, 0.2) is 19.7 Å². The van der Waals surface area contributed by atoms with E-state index >= 15 is 0 Å². The monoisotopic (exact) mass is 504 g/mol. The molecule has 3 aromatic carbocycles. The first kappa shape index (κ1) is 23.7. The summed E-state index contributed by atoms with van der Waals surface area (Å²) in [4.78, 5) is -0.242. The minimum atomic E-state index is -4.27. The van der Waals surface area contributed by atoms with Crippen molar-refractivity contribution in [2.45, 2.75) is 21.5 Å². The Morgan fingerprint density at radius 1 is 0.742 bits per heavy atom. The molecule has 164 valence electrons. The van der Waals surface area contributed by atoms with E-state index in [4.69, 9.17) is 23.2 Å². The van der Waals surface area contributed by atoms with E-state index in [-0.39, 0.29) is 14.8 Å². The Labute approximate surface area is 189 Å². The van der Waals surface area contributed by atoms with E-state index in [0.717, 1.165) is 18.2 Å². The molecule has 1 atom stereocenters. The average Bonchev–Trinajstić information content (AvgIpc) is 2.71. The van der Waals surface area contributed by atoms with Gasteiger partial charge in [0, 0.05) is 15.6 Å². The minimum absolute atomic E-state index is 0.0562. The van der Waals surface area contributed by atoms with E-state index in [0.29, 0.717) is 5.02 Å². The first-order chi connectivity index (χ1) is 14.5. The van der Waals surface area contributed by atoms with Gasteiger partial charge >= 0.3 is 0 Å². The summed E-state index contributed by atoms with van der Waals surface area (Å²) in [5.41, 5.74) is -0.443. The van der Waals surface area contributed by atoms with Crippen LogP contribution in [-0.4, -0.2) is 22.6 Å². The molecule has 31 heavy (non-hydrogen) atoms. The Hall–Kier alpha value is -2.00. The fourth-order valence-electron chi connectivity index (χ4n) is 3.05. The maximum absolute atomic E-state index is 14.5. The van der Waals surface area contributed by atoms with Crippen molar-refractivity contribution in [3.8, 4) is 0 Å². The summed E-state index contributed by atoms with van der Waals surface area (Å²) in [5, 5.41) is -1.01. The van der Waals surface area contributed by atoms with E-state index < -0.39 is 54.3 Å². The van der Waals surface area contributed by atoms with E-state index in [9.17, 15) is 25.6 Å². The Morgan fingerprint density at radius 3 is 1.81 bits per heavy atom. The number of hydrogen-bond donors (Lipinski definition) is 0. The van der Waals surface area contributed by atoms with Crippen LogP contribution < -0.4 is 0 Å². The van der Waals surface area contributed by atoms with Crippen molar-refractivity contribution in [2.24, 2.45) is 0 Å². The maximum Gasteiger partial charge on any atom is 0.185 e. The highest BCUT2D eigenvalue weighted by Gasteiger charge is 2.33. The summed E-state index contributed by atoms with van der Waals surface area (Å²) >= 11 is 11.6. The molecule has 4 nitrogen and oxygen atoms in total. The quantitative estimate of drug-likeness (QED) is 0.416. The molecule has 1 unspecified atom stereocenters. The average molecular weight is 505 g/mol. The van der Waals surface area contributed by atoms with E-state index in [1.54, 1.807) is 0 Å². The van der Waals surface area contributed by atoms with Gasteiger partial charge in [0.25, 0.3) is 0 Å². The molecule has 0 aliphatic carbocycles. The van der Waals surface area contributed by atoms with E-state index in [1.807, 2.05) is 0 Å². The summed E-state index contributed by atoms with van der Waals surface area (Å²) in [5.74, 6) is -2.40. The fourth-order valence-corrected chi connectivity index (χ4v) is 6.57. The fraction of sp³-hybridized carbons (Fsp3) is 0.143. The maximum atomic E-state index is 14.5. The van der Waals surface area contributed by atoms with Gasteiger partial charge in [-0.25, -0.2) is 25.6 Å². The predicted molar refractivity (Wildman–Crippen MR) is 116 cm³/mol. The number of sulfone groups is 2. The summed E-state index contributed by atoms with van der Waals surface area (Å²) in [6.07, 6.45) is -0.490. The summed E-state index contributed by atoms with van der Waals surface area (Å²) in [6.45, 7) is 0. The van der Waals surface area contributed by atoms with Gasteiger partial charge < -0.3 is 0 Å². The highest BCUT2D eigenvalue weighted by atomic mass is 35.5. The molecule has 0 bridgehead atoms. The number of hydrogen-bond acceptors (Lipinski definition) is 4. The molecule has 0 fully saturated rings. The molecule has 0 heterocycles. The number of benzene rings is 3. The lowest BCUT2D eigenvalue weighted by Gasteiger charge is -2.19. The summed E-state index contributed by atoms with van der Waals surface area (Å²) < 4.78 is 80.3. The summed E-state index contributed by atoms with van der Waals surface area (Å²) in [7, 11) is -8.18. The van der Waals surface area contributed by atoms with E-state index in [2.05, 4.69) is 0 Å². The Kier molecular flexibility index (Phi) is 7.05. The van der Waals surface area contributed by atoms with Crippen molar-refractivity contribution in [1.82, 2.24) is 0 Å². The molecule has 0 radical (unpaired) electrons. The van der Waals surface area contributed by atoms with Gasteiger partial charge in [0.1, 0.15) is 11.6 Å². The Bertz CT molecular complexity index is 1290. The molecule has 0 amide bonds. The van der Waals surface area contributed by atoms with Gasteiger partial charge in [-0.05, 0) is 73.2 Å². The summed E-state index contributed by atoms with van der Waals surface area (Å²) in [6, 6.07) is 13.0. The molecule has 0 N–H and O–H groups in total. The normalized spacial score (nSPS) is 13.2. The molecule has 3 rings (SSSR count). The Balaban J connectivity index is 2.03. The van der Waals surface area contributed by atoms with Crippen LogP contribution in [0.2, 0.25) is 10.0 Å². The number of rotatable bonds is 7. The molecule has 0 saturated carbocycles. The van der Waals surface area contributed by atoms with Crippen molar-refractivity contribution in [2.75, 3.05) is 5.75 Å². The standard InChI is InChI=1S/C21H16Cl2F2O4S2/c22-14-1-6-17(7-2-14)30(26,27)12-11-21(19-13-16(24)5-10-20(19)25)31(28,29)18-8-3-15(23)4-9-18/h1-10,13,21H,11-12H2. The van der Waals surface area contributed by atoms with Crippen molar-refractivity contribution >= 4 is 42.9 Å². The van der Waals surface area contributed by atoms with Gasteiger partial charge in [-0.1, -0.05) is 23.2 Å². The van der Waals surface area contributed by atoms with Gasteiger partial charge in [0.2, 0.25) is 0 Å². The predicted octanol–water partition coefficient (Wildman–Crippen LogP) is 5.65. The lowest BCUT2D eigenvalue weighted by Crippen LogP contribution is -2.19. The van der Waals surface area contributed by atoms with Crippen molar-refractivity contribution in [3.63, 3.8) is 0 Å². The van der Waals surface area contributed by atoms with Crippen molar-refractivity contribution < 1.29 is 25.6 Å². The zero-order chi connectivity index (χ0) is 22.8. The van der Waals surface area contributed by atoms with E-state index in [1.165, 1.54) is 48.5 Å². The third kappa shape index (κ3) is 5.44. The molecular weight excluding hydrogens is 489 g/mol. The van der Waals surface area contributed by atoms with Crippen LogP contribution in [0.25, 0.3) is 0 Å².